The van der Waals surface area contributed by atoms with Gasteiger partial charge in [0.25, 0.3) is 0 Å². The van der Waals surface area contributed by atoms with E-state index in [1.165, 1.54) is 20.5 Å². The van der Waals surface area contributed by atoms with E-state index in [-0.39, 0.29) is 6.61 Å². The Balaban J connectivity index is 2.57. The summed E-state index contributed by atoms with van der Waals surface area (Å²) in [6.07, 6.45) is 1.00. The van der Waals surface area contributed by atoms with Crippen LogP contribution in [0.5, 0.6) is 0 Å². The van der Waals surface area contributed by atoms with Crippen LogP contribution in [0, 0.1) is 6.92 Å². The van der Waals surface area contributed by atoms with Gasteiger partial charge in [-0.15, -0.1) is 11.3 Å². The van der Waals surface area contributed by atoms with Crippen molar-refractivity contribution in [1.82, 2.24) is 0 Å². The summed E-state index contributed by atoms with van der Waals surface area (Å²) in [6.45, 7) is 4.54. The van der Waals surface area contributed by atoms with Gasteiger partial charge in [-0.25, -0.2) is 0 Å². The molecule has 0 radical (unpaired) electrons. The van der Waals surface area contributed by atoms with E-state index in [2.05, 4.69) is 38.1 Å². The molecule has 0 saturated carbocycles. The minimum atomic E-state index is 0.254. The van der Waals surface area contributed by atoms with Crippen molar-refractivity contribution in [3.63, 3.8) is 0 Å². The predicted molar refractivity (Wildman–Crippen MR) is 66.7 cm³/mol. The molecule has 15 heavy (non-hydrogen) atoms. The van der Waals surface area contributed by atoms with E-state index < -0.39 is 0 Å². The zero-order valence-electron chi connectivity index (χ0n) is 9.16. The number of aliphatic hydroxyl groups is 1. The lowest BCUT2D eigenvalue weighted by Crippen LogP contribution is -2.01. The van der Waals surface area contributed by atoms with Crippen molar-refractivity contribution in [2.45, 2.75) is 26.2 Å². The summed E-state index contributed by atoms with van der Waals surface area (Å²) >= 11 is 1.82. The molecule has 0 saturated heterocycles. The fourth-order valence-electron chi connectivity index (χ4n) is 1.98. The molecule has 0 aliphatic carbocycles. The van der Waals surface area contributed by atoms with Gasteiger partial charge in [0.2, 0.25) is 0 Å². The first kappa shape index (κ1) is 10.7. The van der Waals surface area contributed by atoms with Crippen LogP contribution in [0.15, 0.2) is 24.3 Å². The minimum absolute atomic E-state index is 0.254. The van der Waals surface area contributed by atoms with Gasteiger partial charge in [0, 0.05) is 15.5 Å². The van der Waals surface area contributed by atoms with E-state index in [9.17, 15) is 5.11 Å². The summed E-state index contributed by atoms with van der Waals surface area (Å²) in [4.78, 5) is 1.35. The van der Waals surface area contributed by atoms with Crippen molar-refractivity contribution < 1.29 is 5.11 Å². The number of benzene rings is 1. The van der Waals surface area contributed by atoms with Gasteiger partial charge in [0.05, 0.1) is 6.61 Å². The molecule has 0 spiro atoms. The number of aryl methyl sites for hydroxylation is 1. The minimum Gasteiger partial charge on any atom is -0.396 e. The highest BCUT2D eigenvalue weighted by Gasteiger charge is 2.15. The summed E-state index contributed by atoms with van der Waals surface area (Å²) in [5.74, 6) is 0.308. The van der Waals surface area contributed by atoms with E-state index in [1.807, 2.05) is 11.3 Å². The summed E-state index contributed by atoms with van der Waals surface area (Å²) < 4.78 is 1.33. The lowest BCUT2D eigenvalue weighted by Gasteiger charge is -2.10. The zero-order valence-corrected chi connectivity index (χ0v) is 9.97. The fourth-order valence-corrected chi connectivity index (χ4v) is 3.37. The van der Waals surface area contributed by atoms with Gasteiger partial charge in [-0.2, -0.15) is 0 Å². The molecule has 80 valence electrons. The van der Waals surface area contributed by atoms with Crippen LogP contribution < -0.4 is 0 Å². The average molecular weight is 220 g/mol. The first-order chi connectivity index (χ1) is 7.27. The van der Waals surface area contributed by atoms with Crippen molar-refractivity contribution in [3.05, 3.63) is 34.7 Å². The van der Waals surface area contributed by atoms with E-state index in [4.69, 9.17) is 0 Å². The number of hydrogen-bond acceptors (Lipinski definition) is 2. The molecular weight excluding hydrogens is 204 g/mol. The van der Waals surface area contributed by atoms with Crippen molar-refractivity contribution in [2.75, 3.05) is 6.61 Å². The van der Waals surface area contributed by atoms with Crippen LogP contribution in [0.25, 0.3) is 10.1 Å². The molecule has 1 atom stereocenters. The topological polar surface area (TPSA) is 20.2 Å². The van der Waals surface area contributed by atoms with Crippen molar-refractivity contribution in [1.29, 1.82) is 0 Å². The molecule has 2 rings (SSSR count). The van der Waals surface area contributed by atoms with E-state index in [0.29, 0.717) is 5.92 Å². The van der Waals surface area contributed by atoms with Crippen molar-refractivity contribution >= 4 is 21.4 Å². The Morgan fingerprint density at radius 1 is 1.33 bits per heavy atom. The molecule has 1 aromatic carbocycles. The number of rotatable bonds is 3. The molecule has 0 aliphatic heterocycles. The van der Waals surface area contributed by atoms with Gasteiger partial charge < -0.3 is 5.11 Å². The highest BCUT2D eigenvalue weighted by Crippen LogP contribution is 2.36. The Bertz CT molecular complexity index is 455. The van der Waals surface area contributed by atoms with Gasteiger partial charge in [0.15, 0.2) is 0 Å². The maximum absolute atomic E-state index is 9.34. The Hall–Kier alpha value is -0.860. The SMILES string of the molecule is CCC(CO)c1sc2ccccc2c1C. The van der Waals surface area contributed by atoms with Gasteiger partial charge in [-0.1, -0.05) is 25.1 Å². The van der Waals surface area contributed by atoms with Crippen molar-refractivity contribution in [2.24, 2.45) is 0 Å². The molecule has 2 aromatic rings. The summed E-state index contributed by atoms with van der Waals surface area (Å²) in [7, 11) is 0. The molecule has 0 amide bonds. The molecule has 1 nitrogen and oxygen atoms in total. The average Bonchev–Trinajstić information content (AvgIpc) is 2.60. The van der Waals surface area contributed by atoms with Crippen LogP contribution in [0.4, 0.5) is 0 Å². The van der Waals surface area contributed by atoms with Crippen LogP contribution in [-0.2, 0) is 0 Å². The molecule has 1 aromatic heterocycles. The first-order valence-electron chi connectivity index (χ1n) is 5.36. The maximum atomic E-state index is 9.34. The Morgan fingerprint density at radius 2 is 2.07 bits per heavy atom. The zero-order chi connectivity index (χ0) is 10.8. The second kappa shape index (κ2) is 4.33. The van der Waals surface area contributed by atoms with Crippen LogP contribution in [-0.4, -0.2) is 11.7 Å². The van der Waals surface area contributed by atoms with Gasteiger partial charge in [0.1, 0.15) is 0 Å². The highest BCUT2D eigenvalue weighted by atomic mass is 32.1. The molecule has 0 bridgehead atoms. The molecule has 1 unspecified atom stereocenters. The quantitative estimate of drug-likeness (QED) is 0.836. The largest absolute Gasteiger partial charge is 0.396 e. The molecule has 1 heterocycles. The number of thiophene rings is 1. The molecule has 0 aliphatic rings. The van der Waals surface area contributed by atoms with E-state index in [0.717, 1.165) is 6.42 Å². The lowest BCUT2D eigenvalue weighted by molar-refractivity contribution is 0.264. The lowest BCUT2D eigenvalue weighted by atomic mass is 10.0. The van der Waals surface area contributed by atoms with Crippen molar-refractivity contribution in [3.8, 4) is 0 Å². The van der Waals surface area contributed by atoms with Crippen LogP contribution in [0.2, 0.25) is 0 Å². The fraction of sp³-hybridized carbons (Fsp3) is 0.385. The highest BCUT2D eigenvalue weighted by molar-refractivity contribution is 7.19. The number of fused-ring (bicyclic) bond motifs is 1. The molecule has 1 N–H and O–H groups in total. The normalized spacial score (nSPS) is 13.3. The third-order valence-corrected chi connectivity index (χ3v) is 4.40. The van der Waals surface area contributed by atoms with E-state index >= 15 is 0 Å². The van der Waals surface area contributed by atoms with E-state index in [1.54, 1.807) is 0 Å². The summed E-state index contributed by atoms with van der Waals surface area (Å²) in [5, 5.41) is 10.7. The third kappa shape index (κ3) is 1.80. The smallest absolute Gasteiger partial charge is 0.0507 e. The van der Waals surface area contributed by atoms with Gasteiger partial charge in [-0.05, 0) is 30.4 Å². The Kier molecular flexibility index (Phi) is 3.08. The second-order valence-corrected chi connectivity index (χ2v) is 4.96. The van der Waals surface area contributed by atoms with Crippen LogP contribution >= 0.6 is 11.3 Å². The molecule has 2 heteroatoms. The monoisotopic (exact) mass is 220 g/mol. The second-order valence-electron chi connectivity index (χ2n) is 3.88. The maximum Gasteiger partial charge on any atom is 0.0507 e. The summed E-state index contributed by atoms with van der Waals surface area (Å²) in [5.41, 5.74) is 1.34. The molecular formula is C13H16OS. The standard InChI is InChI=1S/C13H16OS/c1-3-10(8-14)13-9(2)11-6-4-5-7-12(11)15-13/h4-7,10,14H,3,8H2,1-2H3. The summed E-state index contributed by atoms with van der Waals surface area (Å²) in [6, 6.07) is 8.46. The van der Waals surface area contributed by atoms with Crippen LogP contribution in [0.3, 0.4) is 0 Å². The first-order valence-corrected chi connectivity index (χ1v) is 6.18. The molecule has 0 fully saturated rings. The number of aliphatic hydroxyl groups excluding tert-OH is 1. The van der Waals surface area contributed by atoms with Gasteiger partial charge >= 0.3 is 0 Å². The van der Waals surface area contributed by atoms with Gasteiger partial charge in [-0.3, -0.25) is 0 Å². The Morgan fingerprint density at radius 3 is 2.67 bits per heavy atom. The van der Waals surface area contributed by atoms with Crippen LogP contribution in [0.1, 0.15) is 29.7 Å². The Labute approximate surface area is 94.4 Å². The number of hydrogen-bond donors (Lipinski definition) is 1. The third-order valence-electron chi connectivity index (χ3n) is 2.96. The predicted octanol–water partition coefficient (Wildman–Crippen LogP) is 3.70.